The van der Waals surface area contributed by atoms with Crippen LogP contribution in [0.3, 0.4) is 0 Å². The molecule has 0 amide bonds. The molecule has 0 unspecified atom stereocenters. The molecule has 1 aliphatic carbocycles. The van der Waals surface area contributed by atoms with Crippen molar-refractivity contribution in [3.05, 3.63) is 59.2 Å². The van der Waals surface area contributed by atoms with E-state index < -0.39 is 0 Å². The maximum absolute atomic E-state index is 9.97. The first-order valence-corrected chi connectivity index (χ1v) is 11.1. The SMILES string of the molecule is CC(C)(C)C[C@H]1CCc2cc(O)ccc2[C@H]1c1ccc(N2CCCCC2)cc1. The molecular weight excluding hydrogens is 342 g/mol. The molecule has 1 N–H and O–H groups in total. The lowest BCUT2D eigenvalue weighted by molar-refractivity contribution is 0.255. The molecule has 2 atom stereocenters. The predicted molar refractivity (Wildman–Crippen MR) is 118 cm³/mol. The largest absolute Gasteiger partial charge is 0.508 e. The summed E-state index contributed by atoms with van der Waals surface area (Å²) in [5.41, 5.74) is 5.88. The summed E-state index contributed by atoms with van der Waals surface area (Å²) in [7, 11) is 0. The number of hydrogen-bond donors (Lipinski definition) is 1. The lowest BCUT2D eigenvalue weighted by Gasteiger charge is -2.38. The van der Waals surface area contributed by atoms with E-state index in [1.165, 1.54) is 67.6 Å². The average molecular weight is 378 g/mol. The smallest absolute Gasteiger partial charge is 0.115 e. The first-order valence-electron chi connectivity index (χ1n) is 11.1. The molecule has 150 valence electrons. The van der Waals surface area contributed by atoms with Crippen LogP contribution < -0.4 is 4.90 Å². The summed E-state index contributed by atoms with van der Waals surface area (Å²) >= 11 is 0. The third-order valence-electron chi connectivity index (χ3n) is 6.57. The Labute approximate surface area is 170 Å². The lowest BCUT2D eigenvalue weighted by atomic mass is 9.67. The van der Waals surface area contributed by atoms with Crippen molar-refractivity contribution in [1.82, 2.24) is 0 Å². The molecule has 0 radical (unpaired) electrons. The molecular formula is C26H35NO. The van der Waals surface area contributed by atoms with Gasteiger partial charge in [0, 0.05) is 24.7 Å². The number of fused-ring (bicyclic) bond motifs is 1. The summed E-state index contributed by atoms with van der Waals surface area (Å²) < 4.78 is 0. The Hall–Kier alpha value is -1.96. The van der Waals surface area contributed by atoms with Crippen molar-refractivity contribution >= 4 is 5.69 Å². The number of phenolic OH excluding ortho intramolecular Hbond substituents is 1. The topological polar surface area (TPSA) is 23.5 Å². The minimum absolute atomic E-state index is 0.324. The second-order valence-corrected chi connectivity index (χ2v) is 10.1. The Morgan fingerprint density at radius 2 is 1.68 bits per heavy atom. The molecule has 2 nitrogen and oxygen atoms in total. The molecule has 28 heavy (non-hydrogen) atoms. The van der Waals surface area contributed by atoms with Gasteiger partial charge in [0.05, 0.1) is 0 Å². The van der Waals surface area contributed by atoms with Crippen molar-refractivity contribution in [2.24, 2.45) is 11.3 Å². The molecule has 1 fully saturated rings. The van der Waals surface area contributed by atoms with Crippen molar-refractivity contribution in [2.45, 2.75) is 65.2 Å². The van der Waals surface area contributed by atoms with Gasteiger partial charge in [-0.05, 0) is 90.8 Å². The monoisotopic (exact) mass is 377 g/mol. The van der Waals surface area contributed by atoms with E-state index in [1.807, 2.05) is 12.1 Å². The fraction of sp³-hybridized carbons (Fsp3) is 0.538. The number of aryl methyl sites for hydroxylation is 1. The van der Waals surface area contributed by atoms with E-state index in [1.54, 1.807) is 0 Å². The van der Waals surface area contributed by atoms with Crippen LogP contribution in [0.4, 0.5) is 5.69 Å². The molecule has 2 aromatic carbocycles. The summed E-state index contributed by atoms with van der Waals surface area (Å²) in [6.07, 6.45) is 7.50. The van der Waals surface area contributed by atoms with Gasteiger partial charge in [0.2, 0.25) is 0 Å². The van der Waals surface area contributed by atoms with Gasteiger partial charge < -0.3 is 10.0 Å². The van der Waals surface area contributed by atoms with E-state index in [-0.39, 0.29) is 0 Å². The second kappa shape index (κ2) is 7.81. The van der Waals surface area contributed by atoms with Crippen molar-refractivity contribution in [1.29, 1.82) is 0 Å². The number of aromatic hydroxyl groups is 1. The average Bonchev–Trinajstić information content (AvgIpc) is 2.68. The lowest BCUT2D eigenvalue weighted by Crippen LogP contribution is -2.29. The molecule has 4 rings (SSSR count). The minimum Gasteiger partial charge on any atom is -0.508 e. The van der Waals surface area contributed by atoms with Gasteiger partial charge >= 0.3 is 0 Å². The van der Waals surface area contributed by atoms with Crippen LogP contribution in [0.2, 0.25) is 0 Å². The van der Waals surface area contributed by atoms with Crippen molar-refractivity contribution in [3.8, 4) is 5.75 Å². The number of nitrogens with zero attached hydrogens (tertiary/aromatic N) is 1. The maximum Gasteiger partial charge on any atom is 0.115 e. The van der Waals surface area contributed by atoms with E-state index in [2.05, 4.69) is 56.0 Å². The number of rotatable bonds is 3. The fourth-order valence-corrected chi connectivity index (χ4v) is 5.38. The van der Waals surface area contributed by atoms with Gasteiger partial charge in [0.1, 0.15) is 5.75 Å². The number of benzene rings is 2. The fourth-order valence-electron chi connectivity index (χ4n) is 5.38. The highest BCUT2D eigenvalue weighted by Gasteiger charge is 2.33. The van der Waals surface area contributed by atoms with E-state index in [0.717, 1.165) is 6.42 Å². The van der Waals surface area contributed by atoms with Crippen LogP contribution in [-0.2, 0) is 6.42 Å². The first-order chi connectivity index (χ1) is 13.4. The summed E-state index contributed by atoms with van der Waals surface area (Å²) in [4.78, 5) is 2.53. The van der Waals surface area contributed by atoms with Gasteiger partial charge in [-0.2, -0.15) is 0 Å². The number of hydrogen-bond acceptors (Lipinski definition) is 2. The van der Waals surface area contributed by atoms with Crippen LogP contribution in [0.25, 0.3) is 0 Å². The second-order valence-electron chi connectivity index (χ2n) is 10.1. The Kier molecular flexibility index (Phi) is 5.40. The summed E-state index contributed by atoms with van der Waals surface area (Å²) in [6.45, 7) is 9.45. The van der Waals surface area contributed by atoms with Crippen LogP contribution in [0.1, 0.15) is 75.5 Å². The van der Waals surface area contributed by atoms with Crippen LogP contribution >= 0.6 is 0 Å². The van der Waals surface area contributed by atoms with Gasteiger partial charge in [-0.1, -0.05) is 39.0 Å². The molecule has 0 aromatic heterocycles. The van der Waals surface area contributed by atoms with Crippen LogP contribution in [-0.4, -0.2) is 18.2 Å². The molecule has 1 saturated heterocycles. The third kappa shape index (κ3) is 4.21. The van der Waals surface area contributed by atoms with E-state index in [4.69, 9.17) is 0 Å². The van der Waals surface area contributed by atoms with Crippen LogP contribution in [0, 0.1) is 11.3 Å². The van der Waals surface area contributed by atoms with Gasteiger partial charge in [-0.25, -0.2) is 0 Å². The van der Waals surface area contributed by atoms with E-state index >= 15 is 0 Å². The minimum atomic E-state index is 0.324. The normalized spacial score (nSPS) is 22.8. The molecule has 0 saturated carbocycles. The molecule has 2 heteroatoms. The van der Waals surface area contributed by atoms with E-state index in [9.17, 15) is 5.11 Å². The number of phenols is 1. The molecule has 2 aromatic rings. The highest BCUT2D eigenvalue weighted by molar-refractivity contribution is 5.51. The predicted octanol–water partition coefficient (Wildman–Crippen LogP) is 6.51. The number of anilines is 1. The highest BCUT2D eigenvalue weighted by atomic mass is 16.3. The summed E-state index contributed by atoms with van der Waals surface area (Å²) in [6, 6.07) is 15.4. The Morgan fingerprint density at radius 1 is 0.964 bits per heavy atom. The zero-order valence-corrected chi connectivity index (χ0v) is 17.7. The summed E-state index contributed by atoms with van der Waals surface area (Å²) in [5.74, 6) is 1.48. The van der Waals surface area contributed by atoms with Crippen molar-refractivity contribution < 1.29 is 5.11 Å². The number of piperidine rings is 1. The molecule has 0 bridgehead atoms. The first kappa shape index (κ1) is 19.4. The highest BCUT2D eigenvalue weighted by Crippen LogP contribution is 2.46. The quantitative estimate of drug-likeness (QED) is 0.659. The Balaban J connectivity index is 1.67. The zero-order valence-electron chi connectivity index (χ0n) is 17.7. The Bertz CT molecular complexity index is 796. The molecule has 1 heterocycles. The third-order valence-corrected chi connectivity index (χ3v) is 6.57. The van der Waals surface area contributed by atoms with Crippen molar-refractivity contribution in [3.63, 3.8) is 0 Å². The molecule has 0 spiro atoms. The summed E-state index contributed by atoms with van der Waals surface area (Å²) in [5, 5.41) is 9.97. The zero-order chi connectivity index (χ0) is 19.7. The van der Waals surface area contributed by atoms with E-state index in [0.29, 0.717) is 23.0 Å². The maximum atomic E-state index is 9.97. The van der Waals surface area contributed by atoms with Crippen molar-refractivity contribution in [2.75, 3.05) is 18.0 Å². The standard InChI is InChI=1S/C26H35NO/c1-26(2,3)18-21-8-7-20-17-23(28)13-14-24(20)25(21)19-9-11-22(12-10-19)27-15-5-4-6-16-27/h9-14,17,21,25,28H,4-8,15-16,18H2,1-3H3/t21-,25+/m1/s1. The van der Waals surface area contributed by atoms with Gasteiger partial charge in [0.25, 0.3) is 0 Å². The molecule has 1 aliphatic heterocycles. The van der Waals surface area contributed by atoms with Gasteiger partial charge in [-0.3, -0.25) is 0 Å². The molecule has 2 aliphatic rings. The Morgan fingerprint density at radius 3 is 2.36 bits per heavy atom. The van der Waals surface area contributed by atoms with Crippen LogP contribution in [0.15, 0.2) is 42.5 Å². The van der Waals surface area contributed by atoms with Gasteiger partial charge in [-0.15, -0.1) is 0 Å². The van der Waals surface area contributed by atoms with Gasteiger partial charge in [0.15, 0.2) is 0 Å². The van der Waals surface area contributed by atoms with Crippen LogP contribution in [0.5, 0.6) is 5.75 Å².